The van der Waals surface area contributed by atoms with Gasteiger partial charge in [-0.2, -0.15) is 0 Å². The number of hydrogen-bond acceptors (Lipinski definition) is 0. The van der Waals surface area contributed by atoms with Crippen LogP contribution in [0.15, 0.2) is 16.6 Å². The van der Waals surface area contributed by atoms with Crippen molar-refractivity contribution in [2.75, 3.05) is 0 Å². The summed E-state index contributed by atoms with van der Waals surface area (Å²) in [4.78, 5) is 0. The fourth-order valence-corrected chi connectivity index (χ4v) is 0.929. The minimum Gasteiger partial charge on any atom is -0.204 e. The molecule has 0 amide bonds. The maximum Gasteiger partial charge on any atom is 0.172 e. The Balaban J connectivity index is 3.34. The Labute approximate surface area is 66.8 Å². The SMILES string of the molecule is Bc1ccc(Br)c(F)c1F. The Morgan fingerprint density at radius 1 is 1.20 bits per heavy atom. The first-order valence-electron chi connectivity index (χ1n) is 2.73. The summed E-state index contributed by atoms with van der Waals surface area (Å²) in [6, 6.07) is 3.00. The molecule has 0 radical (unpaired) electrons. The van der Waals surface area contributed by atoms with Gasteiger partial charge >= 0.3 is 0 Å². The van der Waals surface area contributed by atoms with E-state index in [2.05, 4.69) is 15.9 Å². The average molecular weight is 205 g/mol. The van der Waals surface area contributed by atoms with Gasteiger partial charge in [0.25, 0.3) is 0 Å². The zero-order chi connectivity index (χ0) is 7.72. The van der Waals surface area contributed by atoms with E-state index >= 15 is 0 Å². The van der Waals surface area contributed by atoms with Gasteiger partial charge in [-0.1, -0.05) is 11.5 Å². The van der Waals surface area contributed by atoms with Gasteiger partial charge in [-0.3, -0.25) is 0 Å². The molecule has 0 heterocycles. The third kappa shape index (κ3) is 1.21. The van der Waals surface area contributed by atoms with Gasteiger partial charge in [-0.25, -0.2) is 8.78 Å². The minimum atomic E-state index is -0.819. The molecule has 0 N–H and O–H groups in total. The summed E-state index contributed by atoms with van der Waals surface area (Å²) >= 11 is 2.87. The van der Waals surface area contributed by atoms with Crippen LogP contribution >= 0.6 is 15.9 Å². The Bertz CT molecular complexity index is 235. The molecule has 0 aliphatic rings. The Morgan fingerprint density at radius 2 is 1.80 bits per heavy atom. The molecule has 0 aliphatic heterocycles. The lowest BCUT2D eigenvalue weighted by Crippen LogP contribution is -2.10. The number of rotatable bonds is 0. The lowest BCUT2D eigenvalue weighted by atomic mass is 9.96. The van der Waals surface area contributed by atoms with Gasteiger partial charge in [0, 0.05) is 0 Å². The fourth-order valence-electron chi connectivity index (χ4n) is 0.622. The molecule has 4 heteroatoms. The predicted octanol–water partition coefficient (Wildman–Crippen LogP) is 0.986. The lowest BCUT2D eigenvalue weighted by molar-refractivity contribution is 0.510. The molecule has 1 aromatic rings. The molecular formula is C6H4BBrF2. The molecule has 0 saturated heterocycles. The first-order valence-corrected chi connectivity index (χ1v) is 3.52. The van der Waals surface area contributed by atoms with Crippen molar-refractivity contribution >= 4 is 29.2 Å². The highest BCUT2D eigenvalue weighted by Crippen LogP contribution is 2.15. The molecule has 0 spiro atoms. The van der Waals surface area contributed by atoms with Crippen molar-refractivity contribution in [3.63, 3.8) is 0 Å². The summed E-state index contributed by atoms with van der Waals surface area (Å²) in [5.41, 5.74) is 0.320. The topological polar surface area (TPSA) is 0 Å². The van der Waals surface area contributed by atoms with Crippen LogP contribution in [0.1, 0.15) is 0 Å². The second-order valence-corrected chi connectivity index (χ2v) is 2.85. The van der Waals surface area contributed by atoms with E-state index in [4.69, 9.17) is 0 Å². The van der Waals surface area contributed by atoms with E-state index in [0.717, 1.165) is 0 Å². The fraction of sp³-hybridized carbons (Fsp3) is 0. The van der Waals surface area contributed by atoms with Crippen molar-refractivity contribution in [2.45, 2.75) is 0 Å². The van der Waals surface area contributed by atoms with Crippen LogP contribution in [-0.4, -0.2) is 7.85 Å². The molecule has 0 saturated carbocycles. The van der Waals surface area contributed by atoms with E-state index in [1.54, 1.807) is 0 Å². The zero-order valence-corrected chi connectivity index (χ0v) is 6.87. The van der Waals surface area contributed by atoms with Crippen molar-refractivity contribution in [2.24, 2.45) is 0 Å². The summed E-state index contributed by atoms with van der Waals surface area (Å²) < 4.78 is 25.3. The summed E-state index contributed by atoms with van der Waals surface area (Å²) in [6.07, 6.45) is 0. The molecule has 0 atom stereocenters. The molecule has 0 nitrogen and oxygen atoms in total. The van der Waals surface area contributed by atoms with Gasteiger partial charge in [-0.05, 0) is 22.0 Å². The van der Waals surface area contributed by atoms with E-state index in [-0.39, 0.29) is 4.47 Å². The van der Waals surface area contributed by atoms with E-state index in [1.165, 1.54) is 20.0 Å². The molecule has 52 valence electrons. The van der Waals surface area contributed by atoms with Crippen LogP contribution in [0.3, 0.4) is 0 Å². The van der Waals surface area contributed by atoms with Gasteiger partial charge in [0.2, 0.25) is 0 Å². The quantitative estimate of drug-likeness (QED) is 0.437. The lowest BCUT2D eigenvalue weighted by Gasteiger charge is -1.98. The van der Waals surface area contributed by atoms with Crippen LogP contribution in [0.2, 0.25) is 0 Å². The Kier molecular flexibility index (Phi) is 2.09. The first kappa shape index (κ1) is 7.73. The van der Waals surface area contributed by atoms with Crippen LogP contribution in [0.5, 0.6) is 0 Å². The molecule has 0 unspecified atom stereocenters. The molecule has 1 rings (SSSR count). The zero-order valence-electron chi connectivity index (χ0n) is 5.29. The second-order valence-electron chi connectivity index (χ2n) is 1.99. The highest BCUT2D eigenvalue weighted by Gasteiger charge is 2.07. The van der Waals surface area contributed by atoms with Gasteiger partial charge < -0.3 is 0 Å². The smallest absolute Gasteiger partial charge is 0.172 e. The van der Waals surface area contributed by atoms with Gasteiger partial charge in [0.1, 0.15) is 7.85 Å². The van der Waals surface area contributed by atoms with Crippen LogP contribution in [0.4, 0.5) is 8.78 Å². The maximum atomic E-state index is 12.6. The first-order chi connectivity index (χ1) is 4.63. The molecule has 0 aromatic heterocycles. The number of halogens is 3. The molecule has 0 fully saturated rings. The van der Waals surface area contributed by atoms with Crippen molar-refractivity contribution in [3.8, 4) is 0 Å². The second kappa shape index (κ2) is 2.70. The maximum absolute atomic E-state index is 12.6. The number of hydrogen-bond donors (Lipinski definition) is 0. The average Bonchev–Trinajstić information content (AvgIpc) is 1.93. The van der Waals surface area contributed by atoms with E-state index < -0.39 is 11.6 Å². The molecule has 1 aromatic carbocycles. The third-order valence-corrected chi connectivity index (χ3v) is 1.84. The Hall–Kier alpha value is -0.375. The summed E-state index contributed by atoms with van der Waals surface area (Å²) in [6.45, 7) is 0. The standard InChI is InChI=1S/C6H4BBrF2/c7-3-1-2-4(8)6(10)5(3)9/h1-2H,7H2. The van der Waals surface area contributed by atoms with E-state index in [1.807, 2.05) is 0 Å². The molecule has 0 aliphatic carbocycles. The Morgan fingerprint density at radius 3 is 2.30 bits per heavy atom. The van der Waals surface area contributed by atoms with Gasteiger partial charge in [0.15, 0.2) is 11.6 Å². The van der Waals surface area contributed by atoms with Crippen molar-refractivity contribution < 1.29 is 8.78 Å². The third-order valence-electron chi connectivity index (χ3n) is 1.23. The van der Waals surface area contributed by atoms with Crippen LogP contribution in [0, 0.1) is 11.6 Å². The van der Waals surface area contributed by atoms with Gasteiger partial charge in [0.05, 0.1) is 4.47 Å². The highest BCUT2D eigenvalue weighted by atomic mass is 79.9. The molecular weight excluding hydrogens is 201 g/mol. The molecule has 10 heavy (non-hydrogen) atoms. The predicted molar refractivity (Wildman–Crippen MR) is 42.2 cm³/mol. The van der Waals surface area contributed by atoms with E-state index in [9.17, 15) is 8.78 Å². The minimum absolute atomic E-state index is 0.163. The summed E-state index contributed by atoms with van der Waals surface area (Å²) in [7, 11) is 1.52. The van der Waals surface area contributed by atoms with Crippen molar-refractivity contribution in [3.05, 3.63) is 28.2 Å². The van der Waals surface area contributed by atoms with Crippen molar-refractivity contribution in [1.82, 2.24) is 0 Å². The molecule has 0 bridgehead atoms. The normalized spacial score (nSPS) is 9.90. The summed E-state index contributed by atoms with van der Waals surface area (Å²) in [5.74, 6) is -1.60. The summed E-state index contributed by atoms with van der Waals surface area (Å²) in [5, 5.41) is 0. The van der Waals surface area contributed by atoms with Crippen LogP contribution in [-0.2, 0) is 0 Å². The monoisotopic (exact) mass is 204 g/mol. The van der Waals surface area contributed by atoms with Crippen LogP contribution in [0.25, 0.3) is 0 Å². The largest absolute Gasteiger partial charge is 0.204 e. The van der Waals surface area contributed by atoms with Gasteiger partial charge in [-0.15, -0.1) is 0 Å². The highest BCUT2D eigenvalue weighted by molar-refractivity contribution is 9.10. The van der Waals surface area contributed by atoms with Crippen molar-refractivity contribution in [1.29, 1.82) is 0 Å². The van der Waals surface area contributed by atoms with Crippen LogP contribution < -0.4 is 5.46 Å². The number of benzene rings is 1. The van der Waals surface area contributed by atoms with E-state index in [0.29, 0.717) is 5.46 Å².